The van der Waals surface area contributed by atoms with E-state index in [9.17, 15) is 8.78 Å². The van der Waals surface area contributed by atoms with Crippen molar-refractivity contribution in [2.24, 2.45) is 5.41 Å². The van der Waals surface area contributed by atoms with Gasteiger partial charge in [0.15, 0.2) is 0 Å². The van der Waals surface area contributed by atoms with Crippen molar-refractivity contribution in [1.82, 2.24) is 10.2 Å². The standard InChI is InChI=1S/C12H26F2N2/c1-6-15-10(12(2,3)4)7-8-16(5)9-11(13)14/h10-11,15H,6-9H2,1-5H3. The van der Waals surface area contributed by atoms with Crippen LogP contribution >= 0.6 is 0 Å². The summed E-state index contributed by atoms with van der Waals surface area (Å²) in [5.41, 5.74) is 0.168. The molecule has 98 valence electrons. The van der Waals surface area contributed by atoms with Crippen LogP contribution in [0.1, 0.15) is 34.1 Å². The molecule has 0 amide bonds. The predicted octanol–water partition coefficient (Wildman–Crippen LogP) is 2.60. The summed E-state index contributed by atoms with van der Waals surface area (Å²) in [7, 11) is 1.75. The molecule has 4 heteroatoms. The molecule has 0 aromatic rings. The Bertz CT molecular complexity index is 178. The summed E-state index contributed by atoms with van der Waals surface area (Å²) < 4.78 is 24.3. The highest BCUT2D eigenvalue weighted by Gasteiger charge is 2.23. The Hall–Kier alpha value is -0.220. The van der Waals surface area contributed by atoms with Crippen molar-refractivity contribution in [2.75, 3.05) is 26.7 Å². The summed E-state index contributed by atoms with van der Waals surface area (Å²) in [5, 5.41) is 3.42. The first kappa shape index (κ1) is 15.8. The number of halogens is 2. The largest absolute Gasteiger partial charge is 0.314 e. The van der Waals surface area contributed by atoms with E-state index in [1.165, 1.54) is 0 Å². The van der Waals surface area contributed by atoms with Gasteiger partial charge >= 0.3 is 0 Å². The van der Waals surface area contributed by atoms with E-state index in [4.69, 9.17) is 0 Å². The number of rotatable bonds is 7. The monoisotopic (exact) mass is 236 g/mol. The predicted molar refractivity (Wildman–Crippen MR) is 65.0 cm³/mol. The molecule has 0 saturated carbocycles. The van der Waals surface area contributed by atoms with Gasteiger partial charge in [-0.2, -0.15) is 0 Å². The molecule has 0 radical (unpaired) electrons. The molecule has 0 heterocycles. The minimum absolute atomic E-state index is 0.136. The Labute approximate surface area is 98.4 Å². The fourth-order valence-corrected chi connectivity index (χ4v) is 1.76. The average molecular weight is 236 g/mol. The van der Waals surface area contributed by atoms with Crippen LogP contribution in [0.4, 0.5) is 8.78 Å². The lowest BCUT2D eigenvalue weighted by Crippen LogP contribution is -2.42. The maximum absolute atomic E-state index is 12.1. The molecule has 0 aliphatic heterocycles. The number of alkyl halides is 2. The number of hydrogen-bond donors (Lipinski definition) is 1. The van der Waals surface area contributed by atoms with Crippen LogP contribution in [0.2, 0.25) is 0 Å². The lowest BCUT2D eigenvalue weighted by atomic mass is 9.84. The molecule has 0 aromatic heterocycles. The highest BCUT2D eigenvalue weighted by atomic mass is 19.3. The third kappa shape index (κ3) is 7.12. The van der Waals surface area contributed by atoms with Gasteiger partial charge in [0.1, 0.15) is 0 Å². The highest BCUT2D eigenvalue weighted by Crippen LogP contribution is 2.21. The van der Waals surface area contributed by atoms with E-state index in [0.717, 1.165) is 13.0 Å². The van der Waals surface area contributed by atoms with Gasteiger partial charge in [-0.1, -0.05) is 27.7 Å². The fourth-order valence-electron chi connectivity index (χ4n) is 1.76. The van der Waals surface area contributed by atoms with Gasteiger partial charge in [-0.15, -0.1) is 0 Å². The van der Waals surface area contributed by atoms with E-state index in [1.807, 2.05) is 0 Å². The summed E-state index contributed by atoms with van der Waals surface area (Å²) in [4.78, 5) is 1.70. The van der Waals surface area contributed by atoms with Crippen LogP contribution in [-0.2, 0) is 0 Å². The van der Waals surface area contributed by atoms with Gasteiger partial charge < -0.3 is 10.2 Å². The van der Waals surface area contributed by atoms with E-state index in [0.29, 0.717) is 12.6 Å². The first-order valence-electron chi connectivity index (χ1n) is 5.97. The first-order chi connectivity index (χ1) is 7.27. The molecule has 0 rings (SSSR count). The number of hydrogen-bond acceptors (Lipinski definition) is 2. The first-order valence-corrected chi connectivity index (χ1v) is 5.97. The second-order valence-electron chi connectivity index (χ2n) is 5.42. The zero-order chi connectivity index (χ0) is 12.8. The van der Waals surface area contributed by atoms with Gasteiger partial charge in [-0.05, 0) is 32.0 Å². The quantitative estimate of drug-likeness (QED) is 0.731. The SMILES string of the molecule is CCNC(CCN(C)CC(F)F)C(C)(C)C. The fraction of sp³-hybridized carbons (Fsp3) is 1.00. The van der Waals surface area contributed by atoms with Crippen molar-refractivity contribution < 1.29 is 8.78 Å². The van der Waals surface area contributed by atoms with Crippen molar-refractivity contribution in [3.05, 3.63) is 0 Å². The van der Waals surface area contributed by atoms with Crippen molar-refractivity contribution in [3.63, 3.8) is 0 Å². The summed E-state index contributed by atoms with van der Waals surface area (Å²) in [5.74, 6) is 0. The molecule has 1 unspecified atom stereocenters. The molecule has 2 nitrogen and oxygen atoms in total. The average Bonchev–Trinajstić information content (AvgIpc) is 2.08. The molecule has 0 spiro atoms. The van der Waals surface area contributed by atoms with Crippen LogP contribution in [0, 0.1) is 5.41 Å². The minimum Gasteiger partial charge on any atom is -0.314 e. The van der Waals surface area contributed by atoms with Crippen LogP contribution in [0.3, 0.4) is 0 Å². The maximum atomic E-state index is 12.1. The van der Waals surface area contributed by atoms with Gasteiger partial charge in [0.05, 0.1) is 6.54 Å². The van der Waals surface area contributed by atoms with Crippen LogP contribution in [0.5, 0.6) is 0 Å². The van der Waals surface area contributed by atoms with Crippen molar-refractivity contribution in [1.29, 1.82) is 0 Å². The van der Waals surface area contributed by atoms with E-state index in [-0.39, 0.29) is 12.0 Å². The van der Waals surface area contributed by atoms with Gasteiger partial charge in [0, 0.05) is 6.04 Å². The molecular formula is C12H26F2N2. The molecule has 1 atom stereocenters. The molecule has 1 N–H and O–H groups in total. The zero-order valence-corrected chi connectivity index (χ0v) is 11.2. The van der Waals surface area contributed by atoms with E-state index in [1.54, 1.807) is 11.9 Å². The Kier molecular flexibility index (Phi) is 7.07. The normalized spacial score (nSPS) is 14.8. The smallest absolute Gasteiger partial charge is 0.251 e. The van der Waals surface area contributed by atoms with Crippen molar-refractivity contribution in [3.8, 4) is 0 Å². The zero-order valence-electron chi connectivity index (χ0n) is 11.2. The van der Waals surface area contributed by atoms with Crippen molar-refractivity contribution >= 4 is 0 Å². The number of nitrogens with zero attached hydrogens (tertiary/aromatic N) is 1. The maximum Gasteiger partial charge on any atom is 0.251 e. The minimum atomic E-state index is -2.24. The second-order valence-corrected chi connectivity index (χ2v) is 5.42. The molecule has 0 aliphatic carbocycles. The molecule has 0 saturated heterocycles. The van der Waals surface area contributed by atoms with Gasteiger partial charge in [-0.25, -0.2) is 8.78 Å². The molecular weight excluding hydrogens is 210 g/mol. The Morgan fingerprint density at radius 2 is 1.81 bits per heavy atom. The van der Waals surface area contributed by atoms with E-state index in [2.05, 4.69) is 33.0 Å². The lowest BCUT2D eigenvalue weighted by Gasteiger charge is -2.32. The summed E-state index contributed by atoms with van der Waals surface area (Å²) in [6, 6.07) is 0.373. The Morgan fingerprint density at radius 1 is 1.25 bits per heavy atom. The molecule has 0 aromatic carbocycles. The number of nitrogens with one attached hydrogen (secondary N) is 1. The van der Waals surface area contributed by atoms with Gasteiger partial charge in [0.2, 0.25) is 0 Å². The lowest BCUT2D eigenvalue weighted by molar-refractivity contribution is 0.0955. The summed E-state index contributed by atoms with van der Waals surface area (Å²) in [6.07, 6.45) is -1.34. The van der Waals surface area contributed by atoms with Crippen LogP contribution in [0.25, 0.3) is 0 Å². The molecule has 0 fully saturated rings. The van der Waals surface area contributed by atoms with E-state index < -0.39 is 6.43 Å². The topological polar surface area (TPSA) is 15.3 Å². The molecule has 0 aliphatic rings. The van der Waals surface area contributed by atoms with E-state index >= 15 is 0 Å². The van der Waals surface area contributed by atoms with Crippen molar-refractivity contribution in [2.45, 2.75) is 46.6 Å². The summed E-state index contributed by atoms with van der Waals surface area (Å²) >= 11 is 0. The Balaban J connectivity index is 4.02. The highest BCUT2D eigenvalue weighted by molar-refractivity contribution is 4.80. The summed E-state index contributed by atoms with van der Waals surface area (Å²) in [6.45, 7) is 10.1. The van der Waals surface area contributed by atoms with Gasteiger partial charge in [-0.3, -0.25) is 0 Å². The third-order valence-corrected chi connectivity index (χ3v) is 2.75. The van der Waals surface area contributed by atoms with Crippen LogP contribution < -0.4 is 5.32 Å². The molecule has 0 bridgehead atoms. The van der Waals surface area contributed by atoms with Gasteiger partial charge in [0.25, 0.3) is 6.43 Å². The Morgan fingerprint density at radius 3 is 2.19 bits per heavy atom. The molecule has 16 heavy (non-hydrogen) atoms. The van der Waals surface area contributed by atoms with Crippen LogP contribution in [0.15, 0.2) is 0 Å². The van der Waals surface area contributed by atoms with Crippen LogP contribution in [-0.4, -0.2) is 44.0 Å². The second kappa shape index (κ2) is 7.17. The third-order valence-electron chi connectivity index (χ3n) is 2.75.